The highest BCUT2D eigenvalue weighted by atomic mass is 79.9. The second kappa shape index (κ2) is 4.91. The standard InChI is InChI=1S/C9H13Br2NS/c1-9(2,5-12-6-10)7-3-4-8(11)13-7/h3-4,12H,5-6H2,1-2H3. The molecule has 0 aliphatic carbocycles. The van der Waals surface area contributed by atoms with Crippen molar-refractivity contribution in [3.63, 3.8) is 0 Å². The van der Waals surface area contributed by atoms with Gasteiger partial charge in [0.2, 0.25) is 0 Å². The predicted molar refractivity (Wildman–Crippen MR) is 66.8 cm³/mol. The van der Waals surface area contributed by atoms with E-state index in [9.17, 15) is 0 Å². The van der Waals surface area contributed by atoms with E-state index in [1.807, 2.05) is 0 Å². The minimum absolute atomic E-state index is 0.213. The smallest absolute Gasteiger partial charge is 0.0701 e. The van der Waals surface area contributed by atoms with Gasteiger partial charge in [-0.25, -0.2) is 0 Å². The van der Waals surface area contributed by atoms with E-state index in [-0.39, 0.29) is 5.41 Å². The summed E-state index contributed by atoms with van der Waals surface area (Å²) < 4.78 is 1.20. The molecule has 13 heavy (non-hydrogen) atoms. The Kier molecular flexibility index (Phi) is 4.42. The largest absolute Gasteiger partial charge is 0.306 e. The summed E-state index contributed by atoms with van der Waals surface area (Å²) in [5, 5.41) is 3.30. The minimum atomic E-state index is 0.213. The van der Waals surface area contributed by atoms with Crippen LogP contribution in [0.4, 0.5) is 0 Å². The van der Waals surface area contributed by atoms with Crippen LogP contribution in [-0.4, -0.2) is 12.0 Å². The SMILES string of the molecule is CC(C)(CNCBr)c1ccc(Br)s1. The molecule has 1 aromatic rings. The maximum atomic E-state index is 3.48. The lowest BCUT2D eigenvalue weighted by Gasteiger charge is -2.23. The number of hydrogen-bond acceptors (Lipinski definition) is 2. The quantitative estimate of drug-likeness (QED) is 0.656. The van der Waals surface area contributed by atoms with Gasteiger partial charge in [0.05, 0.1) is 9.24 Å². The molecule has 74 valence electrons. The van der Waals surface area contributed by atoms with Gasteiger partial charge in [-0.3, -0.25) is 0 Å². The van der Waals surface area contributed by atoms with Gasteiger partial charge in [0.25, 0.3) is 0 Å². The second-order valence-corrected chi connectivity index (χ2v) is 6.57. The number of nitrogens with one attached hydrogen (secondary N) is 1. The zero-order valence-electron chi connectivity index (χ0n) is 7.73. The summed E-state index contributed by atoms with van der Waals surface area (Å²) in [5.74, 6) is 0. The minimum Gasteiger partial charge on any atom is -0.306 e. The fraction of sp³-hybridized carbons (Fsp3) is 0.556. The third-order valence-corrected chi connectivity index (χ3v) is 4.29. The molecular weight excluding hydrogens is 314 g/mol. The zero-order chi connectivity index (χ0) is 9.90. The highest BCUT2D eigenvalue weighted by Gasteiger charge is 2.21. The molecule has 0 fully saturated rings. The van der Waals surface area contributed by atoms with Crippen molar-refractivity contribution in [2.75, 3.05) is 12.0 Å². The molecule has 0 radical (unpaired) electrons. The van der Waals surface area contributed by atoms with Crippen LogP contribution in [0.2, 0.25) is 0 Å². The van der Waals surface area contributed by atoms with Gasteiger partial charge >= 0.3 is 0 Å². The average molecular weight is 327 g/mol. The first-order valence-electron chi connectivity index (χ1n) is 4.09. The number of rotatable bonds is 4. The fourth-order valence-corrected chi connectivity index (χ4v) is 2.81. The normalized spacial score (nSPS) is 12.0. The third kappa shape index (κ3) is 3.35. The van der Waals surface area contributed by atoms with Gasteiger partial charge in [-0.15, -0.1) is 11.3 Å². The van der Waals surface area contributed by atoms with Crippen LogP contribution >= 0.6 is 43.2 Å². The second-order valence-electron chi connectivity index (χ2n) is 3.55. The van der Waals surface area contributed by atoms with E-state index in [0.29, 0.717) is 0 Å². The maximum Gasteiger partial charge on any atom is 0.0701 e. The van der Waals surface area contributed by atoms with Crippen molar-refractivity contribution in [2.45, 2.75) is 19.3 Å². The van der Waals surface area contributed by atoms with E-state index >= 15 is 0 Å². The van der Waals surface area contributed by atoms with Crippen LogP contribution in [-0.2, 0) is 5.41 Å². The first-order chi connectivity index (χ1) is 6.06. The van der Waals surface area contributed by atoms with Crippen LogP contribution in [0.15, 0.2) is 15.9 Å². The summed E-state index contributed by atoms with van der Waals surface area (Å²) in [4.78, 5) is 1.41. The van der Waals surface area contributed by atoms with Gasteiger partial charge in [0, 0.05) is 16.8 Å². The average Bonchev–Trinajstić information content (AvgIpc) is 2.49. The Morgan fingerprint density at radius 2 is 2.15 bits per heavy atom. The Bertz CT molecular complexity index is 270. The third-order valence-electron chi connectivity index (χ3n) is 1.90. The number of halogens is 2. The molecule has 1 nitrogen and oxygen atoms in total. The zero-order valence-corrected chi connectivity index (χ0v) is 11.7. The molecule has 0 saturated carbocycles. The Labute approximate surface area is 100 Å². The summed E-state index contributed by atoms with van der Waals surface area (Å²) in [6.45, 7) is 5.49. The molecule has 1 heterocycles. The number of hydrogen-bond donors (Lipinski definition) is 1. The van der Waals surface area contributed by atoms with Crippen LogP contribution in [0, 0.1) is 0 Å². The molecule has 0 atom stereocenters. The van der Waals surface area contributed by atoms with E-state index in [0.717, 1.165) is 12.0 Å². The van der Waals surface area contributed by atoms with Crippen molar-refractivity contribution >= 4 is 43.2 Å². The number of thiophene rings is 1. The lowest BCUT2D eigenvalue weighted by molar-refractivity contribution is 0.500. The van der Waals surface area contributed by atoms with Crippen LogP contribution in [0.5, 0.6) is 0 Å². The van der Waals surface area contributed by atoms with Crippen molar-refractivity contribution in [3.05, 3.63) is 20.8 Å². The van der Waals surface area contributed by atoms with Crippen LogP contribution < -0.4 is 5.32 Å². The molecule has 0 unspecified atom stereocenters. The van der Waals surface area contributed by atoms with Crippen molar-refractivity contribution in [2.24, 2.45) is 0 Å². The van der Waals surface area contributed by atoms with Gasteiger partial charge in [0.15, 0.2) is 0 Å². The summed E-state index contributed by atoms with van der Waals surface area (Å²) in [6, 6.07) is 4.29. The predicted octanol–water partition coefficient (Wildman–Crippen LogP) is 3.73. The Balaban J connectivity index is 2.68. The Hall–Kier alpha value is 0.620. The Morgan fingerprint density at radius 1 is 1.46 bits per heavy atom. The topological polar surface area (TPSA) is 12.0 Å². The molecule has 4 heteroatoms. The van der Waals surface area contributed by atoms with Gasteiger partial charge in [-0.2, -0.15) is 0 Å². The summed E-state index contributed by atoms with van der Waals surface area (Å²) in [6.07, 6.45) is 0. The van der Waals surface area contributed by atoms with E-state index in [2.05, 4.69) is 63.2 Å². The molecule has 0 aromatic carbocycles. The molecule has 0 amide bonds. The van der Waals surface area contributed by atoms with Crippen LogP contribution in [0.25, 0.3) is 0 Å². The molecule has 0 aliphatic rings. The van der Waals surface area contributed by atoms with Gasteiger partial charge in [-0.05, 0) is 28.1 Å². The summed E-state index contributed by atoms with van der Waals surface area (Å²) >= 11 is 8.65. The van der Waals surface area contributed by atoms with Crippen molar-refractivity contribution in [1.82, 2.24) is 5.32 Å². The van der Waals surface area contributed by atoms with E-state index in [1.54, 1.807) is 11.3 Å². The molecule has 0 aliphatic heterocycles. The highest BCUT2D eigenvalue weighted by Crippen LogP contribution is 2.32. The molecular formula is C9H13Br2NS. The first-order valence-corrected chi connectivity index (χ1v) is 6.82. The molecule has 0 bridgehead atoms. The van der Waals surface area contributed by atoms with Gasteiger partial charge in [-0.1, -0.05) is 29.8 Å². The maximum absolute atomic E-state index is 3.48. The van der Waals surface area contributed by atoms with E-state index in [1.165, 1.54) is 8.66 Å². The summed E-state index contributed by atoms with van der Waals surface area (Å²) in [5.41, 5.74) is 1.06. The van der Waals surface area contributed by atoms with Crippen molar-refractivity contribution in [3.8, 4) is 0 Å². The first kappa shape index (κ1) is 11.7. The monoisotopic (exact) mass is 325 g/mol. The highest BCUT2D eigenvalue weighted by molar-refractivity contribution is 9.11. The number of alkyl halides is 1. The molecule has 1 rings (SSSR count). The van der Waals surface area contributed by atoms with Crippen LogP contribution in [0.1, 0.15) is 18.7 Å². The fourth-order valence-electron chi connectivity index (χ4n) is 1.12. The molecule has 0 saturated heterocycles. The van der Waals surface area contributed by atoms with Crippen molar-refractivity contribution < 1.29 is 0 Å². The lowest BCUT2D eigenvalue weighted by Crippen LogP contribution is -2.31. The van der Waals surface area contributed by atoms with Gasteiger partial charge in [0.1, 0.15) is 0 Å². The van der Waals surface area contributed by atoms with E-state index < -0.39 is 0 Å². The molecule has 1 N–H and O–H groups in total. The lowest BCUT2D eigenvalue weighted by atomic mass is 9.92. The summed E-state index contributed by atoms with van der Waals surface area (Å²) in [7, 11) is 0. The van der Waals surface area contributed by atoms with Crippen LogP contribution in [0.3, 0.4) is 0 Å². The molecule has 0 spiro atoms. The van der Waals surface area contributed by atoms with Crippen molar-refractivity contribution in [1.29, 1.82) is 0 Å². The molecule has 1 aromatic heterocycles. The Morgan fingerprint density at radius 3 is 2.62 bits per heavy atom. The van der Waals surface area contributed by atoms with E-state index in [4.69, 9.17) is 0 Å². The van der Waals surface area contributed by atoms with Gasteiger partial charge < -0.3 is 5.32 Å².